The van der Waals surface area contributed by atoms with Crippen molar-refractivity contribution in [2.24, 2.45) is 10.9 Å². The molecule has 1 rings (SSSR count). The largest absolute Gasteiger partial charge is 0.462 e. The fraction of sp³-hybridized carbons (Fsp3) is 0.529. The van der Waals surface area contributed by atoms with Gasteiger partial charge in [0, 0.05) is 11.6 Å². The third-order valence-corrected chi connectivity index (χ3v) is 2.67. The summed E-state index contributed by atoms with van der Waals surface area (Å²) in [6.07, 6.45) is 0. The summed E-state index contributed by atoms with van der Waals surface area (Å²) >= 11 is 0. The van der Waals surface area contributed by atoms with Crippen LogP contribution in [-0.2, 0) is 4.74 Å². The van der Waals surface area contributed by atoms with Crippen molar-refractivity contribution >= 4 is 17.5 Å². The first kappa shape index (κ1) is 17.2. The number of nitrogens with zero attached hydrogens (tertiary/aromatic N) is 1. The van der Waals surface area contributed by atoms with E-state index in [0.29, 0.717) is 18.1 Å². The molecule has 0 heterocycles. The molecule has 4 nitrogen and oxygen atoms in total. The minimum absolute atomic E-state index is 0.128. The lowest BCUT2D eigenvalue weighted by molar-refractivity contribution is 0.0526. The van der Waals surface area contributed by atoms with Crippen LogP contribution in [0.5, 0.6) is 0 Å². The van der Waals surface area contributed by atoms with Gasteiger partial charge in [-0.15, -0.1) is 0 Å². The second kappa shape index (κ2) is 7.25. The number of hydrogen-bond donors (Lipinski definition) is 1. The summed E-state index contributed by atoms with van der Waals surface area (Å²) in [4.78, 5) is 16.3. The van der Waals surface area contributed by atoms with Crippen LogP contribution in [0.3, 0.4) is 0 Å². The molecular weight excluding hydrogens is 264 g/mol. The second-order valence-corrected chi connectivity index (χ2v) is 6.25. The molecule has 0 aromatic heterocycles. The van der Waals surface area contributed by atoms with Gasteiger partial charge in [0.2, 0.25) is 0 Å². The maximum Gasteiger partial charge on any atom is 0.338 e. The molecule has 0 saturated heterocycles. The molecule has 1 N–H and O–H groups in total. The average Bonchev–Trinajstić information content (AvgIpc) is 2.37. The third kappa shape index (κ3) is 5.98. The van der Waals surface area contributed by atoms with E-state index in [1.165, 1.54) is 0 Å². The first-order valence-electron chi connectivity index (χ1n) is 7.37. The van der Waals surface area contributed by atoms with Crippen LogP contribution in [0.15, 0.2) is 29.3 Å². The normalized spacial score (nSPS) is 12.4. The van der Waals surface area contributed by atoms with Gasteiger partial charge in [-0.25, -0.2) is 4.79 Å². The Morgan fingerprint density at radius 3 is 2.24 bits per heavy atom. The molecule has 0 atom stereocenters. The van der Waals surface area contributed by atoms with E-state index in [1.807, 2.05) is 12.1 Å². The molecule has 4 heteroatoms. The van der Waals surface area contributed by atoms with Gasteiger partial charge in [-0.2, -0.15) is 0 Å². The molecule has 0 spiro atoms. The number of carbonyl (C=O) groups is 1. The molecule has 0 amide bonds. The topological polar surface area (TPSA) is 50.7 Å². The second-order valence-electron chi connectivity index (χ2n) is 6.25. The Bertz CT molecular complexity index is 497. The van der Waals surface area contributed by atoms with E-state index in [0.717, 1.165) is 11.5 Å². The van der Waals surface area contributed by atoms with Gasteiger partial charge >= 0.3 is 5.97 Å². The average molecular weight is 290 g/mol. The highest BCUT2D eigenvalue weighted by Gasteiger charge is 2.13. The molecule has 21 heavy (non-hydrogen) atoms. The summed E-state index contributed by atoms with van der Waals surface area (Å²) in [6, 6.07) is 7.25. The Morgan fingerprint density at radius 1 is 1.24 bits per heavy atom. The number of benzene rings is 1. The van der Waals surface area contributed by atoms with E-state index in [4.69, 9.17) is 9.73 Å². The monoisotopic (exact) mass is 290 g/mol. The summed E-state index contributed by atoms with van der Waals surface area (Å²) in [6.45, 7) is 12.6. The smallest absolute Gasteiger partial charge is 0.338 e. The van der Waals surface area contributed by atoms with Crippen LogP contribution >= 0.6 is 0 Å². The van der Waals surface area contributed by atoms with Crippen LogP contribution in [0.1, 0.15) is 51.9 Å². The summed E-state index contributed by atoms with van der Waals surface area (Å²) < 4.78 is 4.97. The van der Waals surface area contributed by atoms with Crippen molar-refractivity contribution in [3.05, 3.63) is 29.8 Å². The zero-order valence-electron chi connectivity index (χ0n) is 13.9. The van der Waals surface area contributed by atoms with Crippen molar-refractivity contribution in [2.75, 3.05) is 11.9 Å². The van der Waals surface area contributed by atoms with E-state index in [2.05, 4.69) is 39.9 Å². The molecule has 0 aliphatic rings. The van der Waals surface area contributed by atoms with E-state index in [-0.39, 0.29) is 11.5 Å². The minimum Gasteiger partial charge on any atom is -0.462 e. The molecule has 1 aromatic carbocycles. The van der Waals surface area contributed by atoms with E-state index < -0.39 is 0 Å². The van der Waals surface area contributed by atoms with E-state index >= 15 is 0 Å². The molecule has 0 aliphatic heterocycles. The van der Waals surface area contributed by atoms with Crippen molar-refractivity contribution in [1.82, 2.24) is 0 Å². The summed E-state index contributed by atoms with van der Waals surface area (Å²) in [7, 11) is 0. The van der Waals surface area contributed by atoms with Gasteiger partial charge in [0.15, 0.2) is 0 Å². The molecule has 0 bridgehead atoms. The van der Waals surface area contributed by atoms with Crippen molar-refractivity contribution in [3.8, 4) is 0 Å². The van der Waals surface area contributed by atoms with E-state index in [1.54, 1.807) is 19.1 Å². The molecule has 0 aliphatic carbocycles. The number of ether oxygens (including phenoxy) is 1. The number of nitrogens with one attached hydrogen (secondary N) is 1. The van der Waals surface area contributed by atoms with E-state index in [9.17, 15) is 4.79 Å². The van der Waals surface area contributed by atoms with Gasteiger partial charge in [0.05, 0.1) is 17.7 Å². The highest BCUT2D eigenvalue weighted by Crippen LogP contribution is 2.15. The Labute approximate surface area is 127 Å². The number of aliphatic imine (C=N–C) groups is 1. The zero-order chi connectivity index (χ0) is 16.0. The predicted octanol–water partition coefficient (Wildman–Crippen LogP) is 4.13. The number of rotatable bonds is 4. The van der Waals surface area contributed by atoms with Gasteiger partial charge in [-0.05, 0) is 52.0 Å². The molecule has 0 unspecified atom stereocenters. The van der Waals surface area contributed by atoms with Gasteiger partial charge < -0.3 is 10.1 Å². The Morgan fingerprint density at radius 2 is 1.81 bits per heavy atom. The SMILES string of the molecule is CCOC(=O)c1ccc(NC(=NC(C)(C)C)C(C)C)cc1. The lowest BCUT2D eigenvalue weighted by atomic mass is 10.1. The van der Waals surface area contributed by atoms with Crippen LogP contribution in [0.25, 0.3) is 0 Å². The Hall–Kier alpha value is -1.84. The van der Waals surface area contributed by atoms with Crippen molar-refractivity contribution in [2.45, 2.75) is 47.1 Å². The number of carbonyl (C=O) groups excluding carboxylic acids is 1. The van der Waals surface area contributed by atoms with Gasteiger partial charge in [0.25, 0.3) is 0 Å². The molecule has 0 radical (unpaired) electrons. The van der Waals surface area contributed by atoms with Gasteiger partial charge in [-0.3, -0.25) is 4.99 Å². The number of anilines is 1. The summed E-state index contributed by atoms with van der Waals surface area (Å²) in [5.74, 6) is 0.942. The molecule has 116 valence electrons. The summed E-state index contributed by atoms with van der Waals surface area (Å²) in [5, 5.41) is 3.33. The fourth-order valence-corrected chi connectivity index (χ4v) is 1.71. The maximum absolute atomic E-state index is 11.6. The first-order valence-corrected chi connectivity index (χ1v) is 7.37. The first-order chi connectivity index (χ1) is 9.73. The predicted molar refractivity (Wildman–Crippen MR) is 88.0 cm³/mol. The van der Waals surface area contributed by atoms with Crippen LogP contribution < -0.4 is 5.32 Å². The number of hydrogen-bond acceptors (Lipinski definition) is 3. The van der Waals surface area contributed by atoms with Gasteiger partial charge in [-0.1, -0.05) is 13.8 Å². The zero-order valence-corrected chi connectivity index (χ0v) is 13.9. The van der Waals surface area contributed by atoms with Crippen LogP contribution in [0.2, 0.25) is 0 Å². The Kier molecular flexibility index (Phi) is 5.94. The molecule has 1 aromatic rings. The van der Waals surface area contributed by atoms with Crippen molar-refractivity contribution < 1.29 is 9.53 Å². The quantitative estimate of drug-likeness (QED) is 0.515. The lowest BCUT2D eigenvalue weighted by Gasteiger charge is -2.20. The number of amidine groups is 1. The molecule has 0 fully saturated rings. The Balaban J connectivity index is 2.87. The standard InChI is InChI=1S/C17H26N2O2/c1-7-21-16(20)13-8-10-14(11-9-13)18-15(12(2)3)19-17(4,5)6/h8-12H,7H2,1-6H3,(H,18,19). The van der Waals surface area contributed by atoms with Crippen LogP contribution in [0.4, 0.5) is 5.69 Å². The van der Waals surface area contributed by atoms with Crippen molar-refractivity contribution in [1.29, 1.82) is 0 Å². The molecule has 0 saturated carbocycles. The van der Waals surface area contributed by atoms with Crippen LogP contribution in [0, 0.1) is 5.92 Å². The maximum atomic E-state index is 11.6. The van der Waals surface area contributed by atoms with Crippen molar-refractivity contribution in [3.63, 3.8) is 0 Å². The van der Waals surface area contributed by atoms with Gasteiger partial charge in [0.1, 0.15) is 5.84 Å². The van der Waals surface area contributed by atoms with Crippen LogP contribution in [-0.4, -0.2) is 24.0 Å². The molecular formula is C17H26N2O2. The summed E-state index contributed by atoms with van der Waals surface area (Å²) in [5.41, 5.74) is 1.35. The lowest BCUT2D eigenvalue weighted by Crippen LogP contribution is -2.24. The highest BCUT2D eigenvalue weighted by atomic mass is 16.5. The number of esters is 1. The third-order valence-electron chi connectivity index (χ3n) is 2.67. The highest BCUT2D eigenvalue weighted by molar-refractivity contribution is 5.97. The fourth-order valence-electron chi connectivity index (χ4n) is 1.71. The minimum atomic E-state index is -0.295.